The zero-order valence-corrected chi connectivity index (χ0v) is 16.8. The van der Waals surface area contributed by atoms with Crippen LogP contribution in [-0.4, -0.2) is 46.6 Å². The number of ether oxygens (including phenoxy) is 2. The maximum absolute atomic E-state index is 5.68. The molecule has 0 amide bonds. The molecule has 1 heterocycles. The van der Waals surface area contributed by atoms with Crippen LogP contribution >= 0.6 is 12.2 Å². The molecule has 6 nitrogen and oxygen atoms in total. The van der Waals surface area contributed by atoms with Crippen LogP contribution < -0.4 is 14.8 Å². The van der Waals surface area contributed by atoms with E-state index in [9.17, 15) is 0 Å². The fourth-order valence-electron chi connectivity index (χ4n) is 2.57. The lowest BCUT2D eigenvalue weighted by molar-refractivity contribution is 0.287. The summed E-state index contributed by atoms with van der Waals surface area (Å²) in [6.07, 6.45) is 2.65. The Labute approximate surface area is 161 Å². The van der Waals surface area contributed by atoms with Crippen molar-refractivity contribution < 1.29 is 9.47 Å². The molecule has 1 aromatic carbocycles. The molecule has 142 valence electrons. The quantitative estimate of drug-likeness (QED) is 0.679. The van der Waals surface area contributed by atoms with Gasteiger partial charge in [-0.25, -0.2) is 0 Å². The van der Waals surface area contributed by atoms with E-state index in [1.165, 1.54) is 5.56 Å². The first-order valence-corrected chi connectivity index (χ1v) is 9.30. The van der Waals surface area contributed by atoms with Crippen LogP contribution in [0.3, 0.4) is 0 Å². The predicted molar refractivity (Wildman–Crippen MR) is 108 cm³/mol. The summed E-state index contributed by atoms with van der Waals surface area (Å²) in [7, 11) is 3.91. The smallest absolute Gasteiger partial charge is 0.169 e. The summed E-state index contributed by atoms with van der Waals surface area (Å²) in [4.78, 5) is 2.01. The molecule has 7 heteroatoms. The molecule has 0 saturated carbocycles. The van der Waals surface area contributed by atoms with E-state index in [0.29, 0.717) is 13.2 Å². The molecule has 2 rings (SSSR count). The number of hydrogen-bond donors (Lipinski definition) is 1. The van der Waals surface area contributed by atoms with Gasteiger partial charge in [0.1, 0.15) is 0 Å². The predicted octanol–water partition coefficient (Wildman–Crippen LogP) is 2.77. The first-order valence-electron chi connectivity index (χ1n) is 8.89. The van der Waals surface area contributed by atoms with Gasteiger partial charge in [0.25, 0.3) is 0 Å². The van der Waals surface area contributed by atoms with Gasteiger partial charge in [0.15, 0.2) is 16.6 Å². The molecule has 1 N–H and O–H groups in total. The Hall–Kier alpha value is -2.28. The third kappa shape index (κ3) is 5.62. The standard InChI is InChI=1S/C19H28N4O2S/c1-5-24-17-8-7-15(13-18(17)25-6-2)9-11-20-19(26)22(3)14-16-10-12-21-23(16)4/h7-8,10,12-13H,5-6,9,11,14H2,1-4H3,(H,20,26). The largest absolute Gasteiger partial charge is 0.490 e. The lowest BCUT2D eigenvalue weighted by Gasteiger charge is -2.21. The second-order valence-corrected chi connectivity index (χ2v) is 6.32. The molecule has 0 spiro atoms. The van der Waals surface area contributed by atoms with Gasteiger partial charge >= 0.3 is 0 Å². The zero-order chi connectivity index (χ0) is 18.9. The lowest BCUT2D eigenvalue weighted by atomic mass is 10.1. The summed E-state index contributed by atoms with van der Waals surface area (Å²) >= 11 is 5.47. The third-order valence-electron chi connectivity index (χ3n) is 3.97. The molecule has 0 aliphatic carbocycles. The number of aromatic nitrogens is 2. The Morgan fingerprint density at radius 2 is 1.92 bits per heavy atom. The van der Waals surface area contributed by atoms with E-state index in [0.717, 1.165) is 41.8 Å². The number of nitrogens with one attached hydrogen (secondary N) is 1. The van der Waals surface area contributed by atoms with Gasteiger partial charge in [-0.1, -0.05) is 6.07 Å². The van der Waals surface area contributed by atoms with Crippen LogP contribution in [0.15, 0.2) is 30.5 Å². The molecule has 0 radical (unpaired) electrons. The second kappa shape index (κ2) is 10.0. The number of hydrogen-bond acceptors (Lipinski definition) is 4. The summed E-state index contributed by atoms with van der Waals surface area (Å²) < 4.78 is 13.1. The molecular weight excluding hydrogens is 348 g/mol. The van der Waals surface area contributed by atoms with Crippen LogP contribution in [-0.2, 0) is 20.0 Å². The fourth-order valence-corrected chi connectivity index (χ4v) is 2.74. The number of thiocarbonyl (C=S) groups is 1. The van der Waals surface area contributed by atoms with Crippen molar-refractivity contribution in [1.82, 2.24) is 20.0 Å². The highest BCUT2D eigenvalue weighted by Gasteiger charge is 2.09. The van der Waals surface area contributed by atoms with Gasteiger partial charge in [-0.15, -0.1) is 0 Å². The Balaban J connectivity index is 1.85. The molecule has 2 aromatic rings. The molecule has 0 unspecified atom stereocenters. The lowest BCUT2D eigenvalue weighted by Crippen LogP contribution is -2.37. The minimum atomic E-state index is 0.616. The summed E-state index contributed by atoms with van der Waals surface area (Å²) in [5.74, 6) is 1.58. The summed E-state index contributed by atoms with van der Waals surface area (Å²) in [6.45, 7) is 6.66. The van der Waals surface area contributed by atoms with Crippen molar-refractivity contribution in [3.05, 3.63) is 41.7 Å². The van der Waals surface area contributed by atoms with Crippen LogP contribution in [0.2, 0.25) is 0 Å². The fraction of sp³-hybridized carbons (Fsp3) is 0.474. The van der Waals surface area contributed by atoms with Gasteiger partial charge in [-0.3, -0.25) is 4.68 Å². The highest BCUT2D eigenvalue weighted by molar-refractivity contribution is 7.80. The molecule has 0 aliphatic heterocycles. The first kappa shape index (κ1) is 20.0. The van der Waals surface area contributed by atoms with E-state index in [2.05, 4.69) is 16.5 Å². The van der Waals surface area contributed by atoms with Gasteiger partial charge in [-0.05, 0) is 56.2 Å². The molecule has 0 saturated heterocycles. The van der Waals surface area contributed by atoms with E-state index in [-0.39, 0.29) is 0 Å². The van der Waals surface area contributed by atoms with Crippen molar-refractivity contribution in [3.63, 3.8) is 0 Å². The third-order valence-corrected chi connectivity index (χ3v) is 4.42. The number of benzene rings is 1. The highest BCUT2D eigenvalue weighted by atomic mass is 32.1. The SMILES string of the molecule is CCOc1ccc(CCNC(=S)N(C)Cc2ccnn2C)cc1OCC. The molecule has 1 aromatic heterocycles. The van der Waals surface area contributed by atoms with Gasteiger partial charge in [0.2, 0.25) is 0 Å². The van der Waals surface area contributed by atoms with Crippen LogP contribution in [0.25, 0.3) is 0 Å². The van der Waals surface area contributed by atoms with Gasteiger partial charge in [0.05, 0.1) is 25.5 Å². The maximum Gasteiger partial charge on any atom is 0.169 e. The van der Waals surface area contributed by atoms with Gasteiger partial charge in [0, 0.05) is 26.8 Å². The number of aryl methyl sites for hydroxylation is 1. The van der Waals surface area contributed by atoms with Crippen LogP contribution in [0.5, 0.6) is 11.5 Å². The van der Waals surface area contributed by atoms with E-state index in [1.54, 1.807) is 6.20 Å². The zero-order valence-electron chi connectivity index (χ0n) is 16.0. The van der Waals surface area contributed by atoms with Crippen molar-refractivity contribution in [2.24, 2.45) is 7.05 Å². The number of rotatable bonds is 9. The minimum Gasteiger partial charge on any atom is -0.490 e. The van der Waals surface area contributed by atoms with Crippen LogP contribution in [0.4, 0.5) is 0 Å². The highest BCUT2D eigenvalue weighted by Crippen LogP contribution is 2.28. The van der Waals surface area contributed by atoms with Gasteiger partial charge in [-0.2, -0.15) is 5.10 Å². The van der Waals surface area contributed by atoms with Crippen LogP contribution in [0, 0.1) is 0 Å². The molecule has 0 atom stereocenters. The van der Waals surface area contributed by atoms with Crippen molar-refractivity contribution in [3.8, 4) is 11.5 Å². The average Bonchev–Trinajstić information content (AvgIpc) is 3.02. The Kier molecular flexibility index (Phi) is 7.72. The van der Waals surface area contributed by atoms with Crippen molar-refractivity contribution in [2.75, 3.05) is 26.8 Å². The van der Waals surface area contributed by atoms with Crippen molar-refractivity contribution in [1.29, 1.82) is 0 Å². The summed E-state index contributed by atoms with van der Waals surface area (Å²) in [6, 6.07) is 8.07. The molecule has 26 heavy (non-hydrogen) atoms. The monoisotopic (exact) mass is 376 g/mol. The van der Waals surface area contributed by atoms with E-state index in [4.69, 9.17) is 21.7 Å². The van der Waals surface area contributed by atoms with Gasteiger partial charge < -0.3 is 19.7 Å². The Morgan fingerprint density at radius 3 is 2.58 bits per heavy atom. The minimum absolute atomic E-state index is 0.616. The Morgan fingerprint density at radius 1 is 1.19 bits per heavy atom. The Bertz CT molecular complexity index is 717. The number of nitrogens with zero attached hydrogens (tertiary/aromatic N) is 3. The van der Waals surface area contributed by atoms with Crippen molar-refractivity contribution in [2.45, 2.75) is 26.8 Å². The molecule has 0 aliphatic rings. The van der Waals surface area contributed by atoms with E-state index >= 15 is 0 Å². The average molecular weight is 377 g/mol. The molecular formula is C19H28N4O2S. The maximum atomic E-state index is 5.68. The normalized spacial score (nSPS) is 10.5. The first-order chi connectivity index (χ1) is 12.5. The van der Waals surface area contributed by atoms with E-state index in [1.807, 2.05) is 55.7 Å². The molecule has 0 bridgehead atoms. The van der Waals surface area contributed by atoms with Crippen molar-refractivity contribution >= 4 is 17.3 Å². The second-order valence-electron chi connectivity index (χ2n) is 5.93. The summed E-state index contributed by atoms with van der Waals surface area (Å²) in [5, 5.41) is 8.21. The molecule has 0 fully saturated rings. The topological polar surface area (TPSA) is 51.5 Å². The van der Waals surface area contributed by atoms with Crippen LogP contribution in [0.1, 0.15) is 25.1 Å². The van der Waals surface area contributed by atoms with E-state index < -0.39 is 0 Å². The summed E-state index contributed by atoms with van der Waals surface area (Å²) in [5.41, 5.74) is 2.30.